The van der Waals surface area contributed by atoms with Crippen molar-refractivity contribution in [2.75, 3.05) is 31.2 Å². The molecule has 4 heterocycles. The molecule has 4 nitrogen and oxygen atoms in total. The Morgan fingerprint density at radius 3 is 2.60 bits per heavy atom. The molecule has 2 aliphatic rings. The number of ether oxygens (including phenoxy) is 1. The molecule has 0 atom stereocenters. The predicted octanol–water partition coefficient (Wildman–Crippen LogP) is 3.84. The van der Waals surface area contributed by atoms with Gasteiger partial charge in [-0.1, -0.05) is 6.08 Å². The summed E-state index contributed by atoms with van der Waals surface area (Å²) in [6.45, 7) is -0.511. The Morgan fingerprint density at radius 2 is 2.00 bits per heavy atom. The summed E-state index contributed by atoms with van der Waals surface area (Å²) < 4.78 is 71.8. The average Bonchev–Trinajstić information content (AvgIpc) is 2.95. The molecular weight excluding hydrogens is 345 g/mol. The lowest BCUT2D eigenvalue weighted by Gasteiger charge is -2.41. The number of nitrogens with one attached hydrogen (secondary N) is 1. The van der Waals surface area contributed by atoms with Crippen molar-refractivity contribution < 1.29 is 26.7 Å². The second-order valence-corrected chi connectivity index (χ2v) is 6.23. The number of rotatable bonds is 2. The largest absolute Gasteiger partial charge is 0.419 e. The van der Waals surface area contributed by atoms with Gasteiger partial charge in [-0.15, -0.1) is 0 Å². The molecule has 0 unspecified atom stereocenters. The van der Waals surface area contributed by atoms with E-state index in [1.165, 1.54) is 0 Å². The van der Waals surface area contributed by atoms with Crippen LogP contribution in [0.4, 0.5) is 27.6 Å². The van der Waals surface area contributed by atoms with E-state index in [-0.39, 0.29) is 16.7 Å². The summed E-state index contributed by atoms with van der Waals surface area (Å²) in [5.74, 6) is -2.97. The van der Waals surface area contributed by atoms with Gasteiger partial charge >= 0.3 is 6.18 Å². The first-order valence-corrected chi connectivity index (χ1v) is 7.73. The molecule has 1 N–H and O–H groups in total. The SMILES string of the molecule is FC1(F)CN(c2c(C(F)(F)F)cnc3[nH]c(C4=CCOCC4)cc23)C1. The fourth-order valence-electron chi connectivity index (χ4n) is 3.22. The maximum atomic E-state index is 13.4. The molecule has 2 aromatic heterocycles. The van der Waals surface area contributed by atoms with Gasteiger partial charge in [0.25, 0.3) is 5.92 Å². The van der Waals surface area contributed by atoms with Gasteiger partial charge in [-0.05, 0) is 18.1 Å². The van der Waals surface area contributed by atoms with Crippen LogP contribution in [0.1, 0.15) is 17.7 Å². The number of nitrogens with zero attached hydrogens (tertiary/aromatic N) is 2. The Balaban J connectivity index is 1.85. The van der Waals surface area contributed by atoms with E-state index in [0.29, 0.717) is 31.5 Å². The van der Waals surface area contributed by atoms with Crippen molar-refractivity contribution in [3.63, 3.8) is 0 Å². The average molecular weight is 359 g/mol. The van der Waals surface area contributed by atoms with Crippen molar-refractivity contribution in [2.45, 2.75) is 18.5 Å². The van der Waals surface area contributed by atoms with Crippen LogP contribution in [0.5, 0.6) is 0 Å². The van der Waals surface area contributed by atoms with Gasteiger partial charge in [0.15, 0.2) is 0 Å². The molecule has 2 aromatic rings. The molecule has 0 amide bonds. The van der Waals surface area contributed by atoms with Crippen LogP contribution in [0.2, 0.25) is 0 Å². The number of fused-ring (bicyclic) bond motifs is 1. The number of halogens is 5. The van der Waals surface area contributed by atoms with Gasteiger partial charge in [-0.3, -0.25) is 0 Å². The maximum absolute atomic E-state index is 13.4. The van der Waals surface area contributed by atoms with Crippen LogP contribution in [0.3, 0.4) is 0 Å². The molecule has 2 aliphatic heterocycles. The van der Waals surface area contributed by atoms with E-state index in [0.717, 1.165) is 10.5 Å². The van der Waals surface area contributed by atoms with Crippen molar-refractivity contribution in [3.05, 3.63) is 29.6 Å². The van der Waals surface area contributed by atoms with E-state index < -0.39 is 30.8 Å². The molecule has 4 rings (SSSR count). The van der Waals surface area contributed by atoms with E-state index in [1.54, 1.807) is 6.07 Å². The van der Waals surface area contributed by atoms with Crippen LogP contribution in [0.25, 0.3) is 16.6 Å². The Bertz CT molecular complexity index is 847. The van der Waals surface area contributed by atoms with Crippen molar-refractivity contribution in [1.29, 1.82) is 0 Å². The van der Waals surface area contributed by atoms with Crippen molar-refractivity contribution >= 4 is 22.3 Å². The molecule has 25 heavy (non-hydrogen) atoms. The Kier molecular flexibility index (Phi) is 3.54. The maximum Gasteiger partial charge on any atom is 0.419 e. The summed E-state index contributed by atoms with van der Waals surface area (Å²) in [6.07, 6.45) is -1.50. The van der Waals surface area contributed by atoms with Gasteiger partial charge < -0.3 is 14.6 Å². The predicted molar refractivity (Wildman–Crippen MR) is 81.7 cm³/mol. The van der Waals surface area contributed by atoms with Crippen LogP contribution in [-0.4, -0.2) is 42.2 Å². The minimum Gasteiger partial charge on any atom is -0.377 e. The molecule has 0 spiro atoms. The first kappa shape index (κ1) is 16.3. The molecule has 134 valence electrons. The molecule has 0 radical (unpaired) electrons. The second-order valence-electron chi connectivity index (χ2n) is 6.23. The monoisotopic (exact) mass is 359 g/mol. The van der Waals surface area contributed by atoms with Gasteiger partial charge in [0, 0.05) is 17.3 Å². The fourth-order valence-corrected chi connectivity index (χ4v) is 3.22. The molecular formula is C16H14F5N3O. The summed E-state index contributed by atoms with van der Waals surface area (Å²) in [4.78, 5) is 7.90. The van der Waals surface area contributed by atoms with Crippen LogP contribution >= 0.6 is 0 Å². The first-order valence-electron chi connectivity index (χ1n) is 7.73. The quantitative estimate of drug-likeness (QED) is 0.829. The zero-order valence-corrected chi connectivity index (χ0v) is 13.0. The van der Waals surface area contributed by atoms with Crippen LogP contribution < -0.4 is 4.90 Å². The van der Waals surface area contributed by atoms with Gasteiger partial charge in [0.1, 0.15) is 5.65 Å². The van der Waals surface area contributed by atoms with Gasteiger partial charge in [0.2, 0.25) is 0 Å². The smallest absolute Gasteiger partial charge is 0.377 e. The van der Waals surface area contributed by atoms with Crippen molar-refractivity contribution in [2.24, 2.45) is 0 Å². The van der Waals surface area contributed by atoms with E-state index >= 15 is 0 Å². The first-order chi connectivity index (χ1) is 11.7. The zero-order chi connectivity index (χ0) is 17.8. The standard InChI is InChI=1S/C16H14F5N3O/c17-15(18)7-24(8-15)13-10-5-12(9-1-3-25-4-2-9)23-14(10)22-6-11(13)16(19,20)21/h1,5-6H,2-4,7-8H2,(H,22,23). The lowest BCUT2D eigenvalue weighted by atomic mass is 10.0. The summed E-state index contributed by atoms with van der Waals surface area (Å²) in [5.41, 5.74) is 0.567. The number of aromatic nitrogens is 2. The lowest BCUT2D eigenvalue weighted by molar-refractivity contribution is -0.137. The number of hydrogen-bond acceptors (Lipinski definition) is 3. The Morgan fingerprint density at radius 1 is 1.24 bits per heavy atom. The summed E-state index contributed by atoms with van der Waals surface area (Å²) in [7, 11) is 0. The highest BCUT2D eigenvalue weighted by Gasteiger charge is 2.47. The lowest BCUT2D eigenvalue weighted by Crippen LogP contribution is -2.56. The number of alkyl halides is 5. The number of anilines is 1. The van der Waals surface area contributed by atoms with Gasteiger partial charge in [-0.2, -0.15) is 13.2 Å². The fraction of sp³-hybridized carbons (Fsp3) is 0.438. The second kappa shape index (κ2) is 5.42. The van der Waals surface area contributed by atoms with Crippen LogP contribution in [0.15, 0.2) is 18.3 Å². The number of hydrogen-bond donors (Lipinski definition) is 1. The van der Waals surface area contributed by atoms with E-state index in [9.17, 15) is 22.0 Å². The topological polar surface area (TPSA) is 41.2 Å². The normalized spacial score (nSPS) is 20.5. The zero-order valence-electron chi connectivity index (χ0n) is 13.0. The minimum absolute atomic E-state index is 0.202. The highest BCUT2D eigenvalue weighted by Crippen LogP contribution is 2.44. The molecule has 9 heteroatoms. The number of H-pyrrole nitrogens is 1. The third kappa shape index (κ3) is 2.86. The Labute approximate surface area is 139 Å². The van der Waals surface area contributed by atoms with Crippen molar-refractivity contribution in [3.8, 4) is 0 Å². The van der Waals surface area contributed by atoms with E-state index in [1.807, 2.05) is 6.08 Å². The highest BCUT2D eigenvalue weighted by molar-refractivity contribution is 5.95. The molecule has 0 aromatic carbocycles. The molecule has 0 saturated carbocycles. The third-order valence-corrected chi connectivity index (χ3v) is 4.41. The number of aromatic amines is 1. The summed E-state index contributed by atoms with van der Waals surface area (Å²) in [5, 5.41) is 0.202. The van der Waals surface area contributed by atoms with Crippen molar-refractivity contribution in [1.82, 2.24) is 9.97 Å². The molecule has 0 bridgehead atoms. The van der Waals surface area contributed by atoms with E-state index in [2.05, 4.69) is 9.97 Å². The highest BCUT2D eigenvalue weighted by atomic mass is 19.4. The summed E-state index contributed by atoms with van der Waals surface area (Å²) >= 11 is 0. The van der Waals surface area contributed by atoms with Crippen LogP contribution in [0, 0.1) is 0 Å². The Hall–Kier alpha value is -2.16. The third-order valence-electron chi connectivity index (χ3n) is 4.41. The van der Waals surface area contributed by atoms with Crippen LogP contribution in [-0.2, 0) is 10.9 Å². The van der Waals surface area contributed by atoms with Gasteiger partial charge in [0.05, 0.1) is 37.6 Å². The minimum atomic E-state index is -4.67. The summed E-state index contributed by atoms with van der Waals surface area (Å²) in [6, 6.07) is 1.56. The number of pyridine rings is 1. The van der Waals surface area contributed by atoms with Gasteiger partial charge in [-0.25, -0.2) is 13.8 Å². The molecule has 1 fully saturated rings. The molecule has 0 aliphatic carbocycles. The molecule has 1 saturated heterocycles. The van der Waals surface area contributed by atoms with E-state index in [4.69, 9.17) is 4.74 Å².